The maximum Gasteiger partial charge on any atom is 0.0902 e. The predicted molar refractivity (Wildman–Crippen MR) is 218 cm³/mol. The van der Waals surface area contributed by atoms with Gasteiger partial charge in [0.1, 0.15) is 0 Å². The molecular formula is C40H56N4P4. The van der Waals surface area contributed by atoms with E-state index >= 15 is 0 Å². The fraction of sp³-hybridized carbons (Fsp3) is 0.600. The molecule has 0 N–H and O–H groups in total. The lowest BCUT2D eigenvalue weighted by Crippen LogP contribution is -2.34. The topological polar surface area (TPSA) is 51.6 Å². The summed E-state index contributed by atoms with van der Waals surface area (Å²) in [7, 11) is -0.673. The summed E-state index contributed by atoms with van der Waals surface area (Å²) in [5, 5.41) is 0. The van der Waals surface area contributed by atoms with Crippen LogP contribution in [0.2, 0.25) is 0 Å². The zero-order chi connectivity index (χ0) is 33.7. The van der Waals surface area contributed by atoms with Gasteiger partial charge < -0.3 is 0 Å². The summed E-state index contributed by atoms with van der Waals surface area (Å²) in [4.78, 5) is 21.0. The van der Waals surface area contributed by atoms with E-state index in [1.165, 1.54) is 73.1 Å². The quantitative estimate of drug-likeness (QED) is 0.197. The molecule has 4 nitrogen and oxygen atoms in total. The Balaban J connectivity index is 0.000000152. The normalized spacial score (nSPS) is 32.0. The summed E-state index contributed by atoms with van der Waals surface area (Å²) < 4.78 is 0. The average molecular weight is 717 g/mol. The Morgan fingerprint density at radius 1 is 0.333 bits per heavy atom. The van der Waals surface area contributed by atoms with Crippen LogP contribution < -0.4 is 21.7 Å². The zero-order valence-corrected chi connectivity index (χ0v) is 34.0. The van der Waals surface area contributed by atoms with Crippen molar-refractivity contribution in [2.24, 2.45) is 0 Å². The van der Waals surface area contributed by atoms with Crippen molar-refractivity contribution in [3.05, 3.63) is 48.5 Å². The minimum Gasteiger partial charge on any atom is -0.244 e. The Morgan fingerprint density at radius 2 is 0.500 bits per heavy atom. The largest absolute Gasteiger partial charge is 0.244 e. The van der Waals surface area contributed by atoms with Crippen molar-refractivity contribution in [2.75, 3.05) is 0 Å². The van der Waals surface area contributed by atoms with Crippen molar-refractivity contribution < 1.29 is 0 Å². The van der Waals surface area contributed by atoms with Crippen molar-refractivity contribution in [1.82, 2.24) is 19.9 Å². The number of nitrogens with zero attached hydrogens (tertiary/aromatic N) is 4. The summed E-state index contributed by atoms with van der Waals surface area (Å²) in [6.45, 7) is 19.6. The first-order valence-electron chi connectivity index (χ1n) is 18.8. The van der Waals surface area contributed by atoms with Gasteiger partial charge in [0.05, 0.1) is 43.8 Å². The highest BCUT2D eigenvalue weighted by atomic mass is 31.1. The minimum absolute atomic E-state index is 0.168. The standard InChI is InChI=1S/2C20H28N2P2/c2*1-13-9-10-14(2)23(13)19-20(24-15(3)11-12-16(24)4)22-18-8-6-5-7-17(18)21-19/h2*5-8,13-16H,9-12H2,1-4H3/t2*13-,14-,15-,16-/m10/s1. The van der Waals surface area contributed by atoms with E-state index in [4.69, 9.17) is 19.9 Å². The number of hydrogen-bond donors (Lipinski definition) is 0. The molecule has 6 heterocycles. The van der Waals surface area contributed by atoms with Gasteiger partial charge in [-0.2, -0.15) is 0 Å². The van der Waals surface area contributed by atoms with E-state index in [9.17, 15) is 0 Å². The SMILES string of the molecule is C[C@@H]1CC[C@@H](C)P1c1nc2ccccc2nc1P1[C@H](C)CC[C@H]1C.C[C@H]1CC[C@H](C)P1c1nc2ccccc2nc1P1[C@@H](C)CC[C@@H]1C. The zero-order valence-electron chi connectivity index (χ0n) is 30.5. The van der Waals surface area contributed by atoms with Crippen LogP contribution in [0.15, 0.2) is 48.5 Å². The van der Waals surface area contributed by atoms with Crippen LogP contribution in [-0.2, 0) is 0 Å². The Labute approximate surface area is 294 Å². The number of rotatable bonds is 4. The maximum atomic E-state index is 5.25. The molecule has 2 aromatic carbocycles. The van der Waals surface area contributed by atoms with E-state index in [2.05, 4.69) is 104 Å². The number of aromatic nitrogens is 4. The molecule has 0 bridgehead atoms. The van der Waals surface area contributed by atoms with Gasteiger partial charge in [0, 0.05) is 0 Å². The van der Waals surface area contributed by atoms with E-state index in [1.807, 2.05) is 0 Å². The molecule has 8 heteroatoms. The molecule has 4 aliphatic heterocycles. The minimum atomic E-state index is -0.168. The summed E-state index contributed by atoms with van der Waals surface area (Å²) >= 11 is 0. The molecule has 4 fully saturated rings. The van der Waals surface area contributed by atoms with Crippen molar-refractivity contribution in [3.63, 3.8) is 0 Å². The third kappa shape index (κ3) is 6.77. The second-order valence-electron chi connectivity index (χ2n) is 15.4. The first kappa shape index (κ1) is 35.3. The van der Waals surface area contributed by atoms with Crippen LogP contribution >= 0.6 is 31.7 Å². The molecule has 0 amide bonds. The lowest BCUT2D eigenvalue weighted by atomic mass is 10.2. The highest BCUT2D eigenvalue weighted by Crippen LogP contribution is 2.60. The van der Waals surface area contributed by atoms with E-state index in [1.54, 1.807) is 0 Å². The smallest absolute Gasteiger partial charge is 0.0902 e. The second-order valence-corrected chi connectivity index (χ2v) is 27.5. The van der Waals surface area contributed by atoms with Gasteiger partial charge in [-0.25, -0.2) is 19.9 Å². The van der Waals surface area contributed by atoms with Gasteiger partial charge in [-0.1, -0.05) is 79.7 Å². The first-order valence-corrected chi connectivity index (χ1v) is 24.7. The average Bonchev–Trinajstić information content (AvgIpc) is 3.81. The van der Waals surface area contributed by atoms with Crippen LogP contribution in [0.4, 0.5) is 0 Å². The molecule has 0 saturated carbocycles. The molecule has 4 aliphatic rings. The summed E-state index contributed by atoms with van der Waals surface area (Å²) in [5.41, 5.74) is 16.5. The summed E-state index contributed by atoms with van der Waals surface area (Å²) in [5.74, 6) is 0. The molecule has 2 aromatic heterocycles. The number of benzene rings is 2. The lowest BCUT2D eigenvalue weighted by molar-refractivity contribution is 0.777. The highest BCUT2D eigenvalue weighted by molar-refractivity contribution is 7.73. The van der Waals surface area contributed by atoms with Crippen LogP contribution in [0.1, 0.15) is 107 Å². The Bertz CT molecular complexity index is 1460. The van der Waals surface area contributed by atoms with Gasteiger partial charge >= 0.3 is 0 Å². The Morgan fingerprint density at radius 3 is 0.667 bits per heavy atom. The molecule has 0 radical (unpaired) electrons. The molecule has 4 saturated heterocycles. The van der Waals surface area contributed by atoms with Gasteiger partial charge in [0.25, 0.3) is 0 Å². The number of hydrogen-bond acceptors (Lipinski definition) is 4. The van der Waals surface area contributed by atoms with Crippen LogP contribution in [0.5, 0.6) is 0 Å². The molecule has 0 aliphatic carbocycles. The predicted octanol–water partition coefficient (Wildman–Crippen LogP) is 9.97. The number of para-hydroxylation sites is 4. The van der Waals surface area contributed by atoms with E-state index in [-0.39, 0.29) is 31.7 Å². The maximum absolute atomic E-state index is 5.25. The molecule has 4 aromatic rings. The fourth-order valence-electron chi connectivity index (χ4n) is 9.11. The summed E-state index contributed by atoms with van der Waals surface area (Å²) in [6.07, 6.45) is 10.9. The van der Waals surface area contributed by atoms with Gasteiger partial charge in [-0.15, -0.1) is 0 Å². The molecular weight excluding hydrogens is 660 g/mol. The van der Waals surface area contributed by atoms with Gasteiger partial charge in [0.15, 0.2) is 0 Å². The first-order chi connectivity index (χ1) is 23.1. The second kappa shape index (κ2) is 14.8. The van der Waals surface area contributed by atoms with Crippen molar-refractivity contribution in [3.8, 4) is 0 Å². The molecule has 256 valence electrons. The lowest BCUT2D eigenvalue weighted by Gasteiger charge is -2.28. The Hall–Kier alpha value is -1.16. The highest BCUT2D eigenvalue weighted by Gasteiger charge is 2.41. The van der Waals surface area contributed by atoms with Crippen LogP contribution in [0.25, 0.3) is 22.1 Å². The third-order valence-electron chi connectivity index (χ3n) is 11.9. The van der Waals surface area contributed by atoms with E-state index < -0.39 is 0 Å². The van der Waals surface area contributed by atoms with Gasteiger partial charge in [0.2, 0.25) is 0 Å². The summed E-state index contributed by atoms with van der Waals surface area (Å²) in [6, 6.07) is 17.0. The van der Waals surface area contributed by atoms with Crippen LogP contribution in [0.3, 0.4) is 0 Å². The van der Waals surface area contributed by atoms with E-state index in [0.717, 1.165) is 67.3 Å². The third-order valence-corrected chi connectivity index (χ3v) is 25.1. The molecule has 8 rings (SSSR count). The molecule has 8 atom stereocenters. The van der Waals surface area contributed by atoms with Crippen LogP contribution in [-0.4, -0.2) is 65.2 Å². The molecule has 48 heavy (non-hydrogen) atoms. The van der Waals surface area contributed by atoms with Crippen molar-refractivity contribution >= 4 is 75.5 Å². The molecule has 0 spiro atoms. The fourth-order valence-corrected chi connectivity index (χ4v) is 22.7. The van der Waals surface area contributed by atoms with Crippen molar-refractivity contribution in [1.29, 1.82) is 0 Å². The number of fused-ring (bicyclic) bond motifs is 2. The van der Waals surface area contributed by atoms with Gasteiger partial charge in [-0.3, -0.25) is 0 Å². The van der Waals surface area contributed by atoms with Gasteiger partial charge in [-0.05, 0) is 153 Å². The Kier molecular flexibility index (Phi) is 10.9. The van der Waals surface area contributed by atoms with Crippen molar-refractivity contribution in [2.45, 2.75) is 152 Å². The monoisotopic (exact) mass is 716 g/mol. The van der Waals surface area contributed by atoms with E-state index in [0.29, 0.717) is 0 Å². The molecule has 0 unspecified atom stereocenters. The van der Waals surface area contributed by atoms with Crippen LogP contribution in [0, 0.1) is 0 Å².